The Morgan fingerprint density at radius 1 is 0.889 bits per heavy atom. The molecule has 0 bridgehead atoms. The van der Waals surface area contributed by atoms with Gasteiger partial charge in [0.25, 0.3) is 0 Å². The topological polar surface area (TPSA) is 75.8 Å². The summed E-state index contributed by atoms with van der Waals surface area (Å²) in [6, 6.07) is 17.6. The van der Waals surface area contributed by atoms with Gasteiger partial charge in [-0.1, -0.05) is 22.0 Å². The number of nitrogens with zero attached hydrogens (tertiary/aromatic N) is 2. The quantitative estimate of drug-likeness (QED) is 0.210. The van der Waals surface area contributed by atoms with Crippen LogP contribution in [0.25, 0.3) is 23.6 Å². The second kappa shape index (κ2) is 11.7. The number of ether oxygens (including phenoxy) is 4. The molecule has 0 atom stereocenters. The molecular weight excluding hydrogens is 538 g/mol. The maximum atomic E-state index is 12.5. The zero-order valence-electron chi connectivity index (χ0n) is 19.3. The molecule has 0 N–H and O–H groups in total. The molecule has 0 fully saturated rings. The van der Waals surface area contributed by atoms with Crippen LogP contribution in [-0.2, 0) is 6.61 Å². The maximum Gasteiger partial charge on any atom is 0.387 e. The van der Waals surface area contributed by atoms with Crippen molar-refractivity contribution in [3.8, 4) is 34.5 Å². The molecule has 4 aromatic rings. The number of alkyl halides is 2. The molecule has 0 aliphatic rings. The first kappa shape index (κ1) is 25.2. The number of methoxy groups -OCH3 is 2. The van der Waals surface area contributed by atoms with Crippen LogP contribution in [0.2, 0.25) is 0 Å². The van der Waals surface area contributed by atoms with E-state index in [0.29, 0.717) is 17.9 Å². The van der Waals surface area contributed by atoms with Crippen LogP contribution in [0.1, 0.15) is 17.0 Å². The van der Waals surface area contributed by atoms with Crippen molar-refractivity contribution in [3.63, 3.8) is 0 Å². The Morgan fingerprint density at radius 3 is 2.36 bits per heavy atom. The molecular formula is C26H21BrF2N2O5. The zero-order chi connectivity index (χ0) is 25.5. The summed E-state index contributed by atoms with van der Waals surface area (Å²) in [4.78, 5) is 0. The van der Waals surface area contributed by atoms with E-state index in [1.165, 1.54) is 25.3 Å². The van der Waals surface area contributed by atoms with Crippen LogP contribution in [0.5, 0.6) is 23.0 Å². The van der Waals surface area contributed by atoms with Crippen LogP contribution in [0.3, 0.4) is 0 Å². The Labute approximate surface area is 214 Å². The summed E-state index contributed by atoms with van der Waals surface area (Å²) in [5, 5.41) is 8.05. The van der Waals surface area contributed by atoms with Crippen LogP contribution in [0, 0.1) is 0 Å². The van der Waals surface area contributed by atoms with Crippen molar-refractivity contribution < 1.29 is 32.1 Å². The van der Waals surface area contributed by atoms with Gasteiger partial charge in [0.2, 0.25) is 11.8 Å². The number of rotatable bonds is 10. The minimum Gasteiger partial charge on any atom is -0.496 e. The third kappa shape index (κ3) is 6.39. The lowest BCUT2D eigenvalue weighted by atomic mass is 10.1. The van der Waals surface area contributed by atoms with Gasteiger partial charge in [0.15, 0.2) is 11.5 Å². The van der Waals surface area contributed by atoms with Gasteiger partial charge in [0.1, 0.15) is 18.1 Å². The Kier molecular flexibility index (Phi) is 8.17. The molecule has 4 rings (SSSR count). The van der Waals surface area contributed by atoms with E-state index in [1.807, 2.05) is 48.5 Å². The number of halogens is 3. The van der Waals surface area contributed by atoms with Gasteiger partial charge in [-0.05, 0) is 66.2 Å². The minimum absolute atomic E-state index is 0.0877. The summed E-state index contributed by atoms with van der Waals surface area (Å²) >= 11 is 3.41. The molecule has 1 aromatic heterocycles. The standard InChI is InChI=1S/C26H21BrF2N2O5/c1-32-21-10-3-16(13-18(21)15-34-20-8-6-19(27)7-9-20)4-12-24-30-31-25(36-24)17-5-11-22(35-26(28)29)23(14-17)33-2/h3-14,26H,15H2,1-2H3/b12-4-. The fourth-order valence-corrected chi connectivity index (χ4v) is 3.55. The summed E-state index contributed by atoms with van der Waals surface area (Å²) in [6.45, 7) is -2.64. The Bertz CT molecular complexity index is 1340. The van der Waals surface area contributed by atoms with Gasteiger partial charge >= 0.3 is 6.61 Å². The van der Waals surface area contributed by atoms with Crippen molar-refractivity contribution in [2.75, 3.05) is 14.2 Å². The first-order valence-electron chi connectivity index (χ1n) is 10.6. The minimum atomic E-state index is -2.96. The number of hydrogen-bond acceptors (Lipinski definition) is 7. The van der Waals surface area contributed by atoms with Crippen molar-refractivity contribution in [2.24, 2.45) is 0 Å². The fraction of sp³-hybridized carbons (Fsp3) is 0.154. The van der Waals surface area contributed by atoms with Gasteiger partial charge in [-0.15, -0.1) is 10.2 Å². The Morgan fingerprint density at radius 2 is 1.64 bits per heavy atom. The summed E-state index contributed by atoms with van der Waals surface area (Å²) < 4.78 is 52.7. The molecule has 10 heteroatoms. The van der Waals surface area contributed by atoms with E-state index in [-0.39, 0.29) is 23.3 Å². The van der Waals surface area contributed by atoms with Crippen molar-refractivity contribution in [2.45, 2.75) is 13.2 Å². The van der Waals surface area contributed by atoms with E-state index in [2.05, 4.69) is 30.9 Å². The molecule has 186 valence electrons. The Hall–Kier alpha value is -3.92. The van der Waals surface area contributed by atoms with Crippen LogP contribution in [-0.4, -0.2) is 31.0 Å². The number of hydrogen-bond donors (Lipinski definition) is 0. The van der Waals surface area contributed by atoms with Crippen LogP contribution >= 0.6 is 15.9 Å². The molecule has 0 spiro atoms. The van der Waals surface area contributed by atoms with Gasteiger partial charge in [-0.3, -0.25) is 0 Å². The molecule has 7 nitrogen and oxygen atoms in total. The van der Waals surface area contributed by atoms with E-state index < -0.39 is 6.61 Å². The highest BCUT2D eigenvalue weighted by Gasteiger charge is 2.14. The SMILES string of the molecule is COc1ccc(/C=C\c2nnc(-c3ccc(OC(F)F)c(OC)c3)o2)cc1COc1ccc(Br)cc1. The second-order valence-corrected chi connectivity index (χ2v) is 8.25. The highest BCUT2D eigenvalue weighted by atomic mass is 79.9. The summed E-state index contributed by atoms with van der Waals surface area (Å²) in [6.07, 6.45) is 3.49. The highest BCUT2D eigenvalue weighted by Crippen LogP contribution is 2.33. The van der Waals surface area contributed by atoms with Gasteiger partial charge in [-0.2, -0.15) is 8.78 Å². The van der Waals surface area contributed by atoms with Crippen molar-refractivity contribution in [1.29, 1.82) is 0 Å². The lowest BCUT2D eigenvalue weighted by Crippen LogP contribution is -2.03. The maximum absolute atomic E-state index is 12.5. The molecule has 0 radical (unpaired) electrons. The lowest BCUT2D eigenvalue weighted by Gasteiger charge is -2.11. The number of benzene rings is 3. The van der Waals surface area contributed by atoms with Crippen LogP contribution < -0.4 is 18.9 Å². The van der Waals surface area contributed by atoms with E-state index >= 15 is 0 Å². The summed E-state index contributed by atoms with van der Waals surface area (Å²) in [7, 11) is 2.96. The summed E-state index contributed by atoms with van der Waals surface area (Å²) in [5.74, 6) is 1.95. The second-order valence-electron chi connectivity index (χ2n) is 7.34. The molecule has 36 heavy (non-hydrogen) atoms. The van der Waals surface area contributed by atoms with Crippen LogP contribution in [0.4, 0.5) is 8.78 Å². The number of aromatic nitrogens is 2. The van der Waals surface area contributed by atoms with E-state index in [9.17, 15) is 8.78 Å². The third-order valence-electron chi connectivity index (χ3n) is 5.00. The monoisotopic (exact) mass is 558 g/mol. The smallest absolute Gasteiger partial charge is 0.387 e. The predicted octanol–water partition coefficient (Wildman–Crippen LogP) is 6.87. The van der Waals surface area contributed by atoms with Gasteiger partial charge in [-0.25, -0.2) is 0 Å². The average Bonchev–Trinajstić information content (AvgIpc) is 3.36. The van der Waals surface area contributed by atoms with Gasteiger partial charge < -0.3 is 23.4 Å². The normalized spacial score (nSPS) is 11.2. The van der Waals surface area contributed by atoms with Gasteiger partial charge in [0, 0.05) is 21.7 Å². The molecule has 0 amide bonds. The molecule has 1 heterocycles. The first-order valence-corrected chi connectivity index (χ1v) is 11.4. The molecule has 3 aromatic carbocycles. The van der Waals surface area contributed by atoms with E-state index in [4.69, 9.17) is 18.6 Å². The van der Waals surface area contributed by atoms with E-state index in [0.717, 1.165) is 21.3 Å². The molecule has 0 aliphatic carbocycles. The van der Waals surface area contributed by atoms with E-state index in [1.54, 1.807) is 13.2 Å². The van der Waals surface area contributed by atoms with Gasteiger partial charge in [0.05, 0.1) is 14.2 Å². The zero-order valence-corrected chi connectivity index (χ0v) is 20.9. The molecule has 0 saturated carbocycles. The van der Waals surface area contributed by atoms with Crippen LogP contribution in [0.15, 0.2) is 69.6 Å². The lowest BCUT2D eigenvalue weighted by molar-refractivity contribution is -0.0512. The first-order chi connectivity index (χ1) is 17.4. The molecule has 0 saturated heterocycles. The Balaban J connectivity index is 1.48. The molecule has 0 unspecified atom stereocenters. The third-order valence-corrected chi connectivity index (χ3v) is 5.53. The molecule has 0 aliphatic heterocycles. The average molecular weight is 559 g/mol. The largest absolute Gasteiger partial charge is 0.496 e. The van der Waals surface area contributed by atoms with Crippen molar-refractivity contribution >= 4 is 28.1 Å². The van der Waals surface area contributed by atoms with Crippen molar-refractivity contribution in [3.05, 3.63) is 82.2 Å². The fourth-order valence-electron chi connectivity index (χ4n) is 3.29. The predicted molar refractivity (Wildman–Crippen MR) is 133 cm³/mol. The highest BCUT2D eigenvalue weighted by molar-refractivity contribution is 9.10. The van der Waals surface area contributed by atoms with Crippen molar-refractivity contribution in [1.82, 2.24) is 10.2 Å². The summed E-state index contributed by atoms with van der Waals surface area (Å²) in [5.41, 5.74) is 2.24.